The molecule has 0 unspecified atom stereocenters. The van der Waals surface area contributed by atoms with Crippen LogP contribution in [-0.2, 0) is 14.3 Å². The largest absolute Gasteiger partial charge is 0.463 e. The Bertz CT molecular complexity index is 1010. The minimum Gasteiger partial charge on any atom is -0.463 e. The predicted molar refractivity (Wildman–Crippen MR) is 123 cm³/mol. The van der Waals surface area contributed by atoms with Crippen LogP contribution in [0.2, 0.25) is 0 Å². The molecule has 2 aliphatic heterocycles. The van der Waals surface area contributed by atoms with Crippen molar-refractivity contribution in [3.05, 3.63) is 57.3 Å². The molecule has 164 valence electrons. The van der Waals surface area contributed by atoms with Crippen molar-refractivity contribution in [2.45, 2.75) is 53.0 Å². The summed E-state index contributed by atoms with van der Waals surface area (Å²) in [5, 5.41) is 5.82. The Morgan fingerprint density at radius 3 is 2.74 bits per heavy atom. The summed E-state index contributed by atoms with van der Waals surface area (Å²) in [4.78, 5) is 32.4. The monoisotopic (exact) mass is 439 g/mol. The molecule has 1 aromatic rings. The van der Waals surface area contributed by atoms with Crippen molar-refractivity contribution in [1.29, 1.82) is 0 Å². The van der Waals surface area contributed by atoms with Gasteiger partial charge < -0.3 is 15.0 Å². The number of ether oxygens (including phenoxy) is 1. The summed E-state index contributed by atoms with van der Waals surface area (Å²) < 4.78 is 5.41. The fourth-order valence-corrected chi connectivity index (χ4v) is 4.96. The fourth-order valence-electron chi connectivity index (χ4n) is 4.00. The van der Waals surface area contributed by atoms with E-state index in [1.165, 1.54) is 24.6 Å². The number of nitrogens with zero attached hydrogens (tertiary/aromatic N) is 2. The first-order valence-corrected chi connectivity index (χ1v) is 11.7. The number of carbonyl (C=O) groups excluding carboxylic acids is 2. The maximum atomic E-state index is 13.0. The van der Waals surface area contributed by atoms with E-state index in [2.05, 4.69) is 23.5 Å². The van der Waals surface area contributed by atoms with E-state index in [4.69, 9.17) is 9.73 Å². The van der Waals surface area contributed by atoms with Gasteiger partial charge in [-0.1, -0.05) is 35.5 Å². The molecule has 4 rings (SSSR count). The lowest BCUT2D eigenvalue weighted by molar-refractivity contribution is -0.139. The van der Waals surface area contributed by atoms with E-state index in [-0.39, 0.29) is 24.3 Å². The number of benzene rings is 1. The van der Waals surface area contributed by atoms with Gasteiger partial charge in [0.1, 0.15) is 0 Å². The van der Waals surface area contributed by atoms with Crippen molar-refractivity contribution in [2.24, 2.45) is 10.9 Å². The van der Waals surface area contributed by atoms with Crippen LogP contribution in [0.1, 0.15) is 55.8 Å². The number of esters is 1. The molecule has 3 aliphatic rings. The van der Waals surface area contributed by atoms with Gasteiger partial charge in [0.2, 0.25) is 5.91 Å². The summed E-state index contributed by atoms with van der Waals surface area (Å²) in [5.41, 5.74) is 5.28. The highest BCUT2D eigenvalue weighted by Gasteiger charge is 2.41. The number of hydrogen-bond donors (Lipinski definition) is 1. The Labute approximate surface area is 187 Å². The van der Waals surface area contributed by atoms with Crippen molar-refractivity contribution in [1.82, 2.24) is 10.2 Å². The topological polar surface area (TPSA) is 71.0 Å². The van der Waals surface area contributed by atoms with Crippen LogP contribution >= 0.6 is 11.8 Å². The first-order chi connectivity index (χ1) is 14.9. The number of hydrogen-bond acceptors (Lipinski definition) is 6. The second kappa shape index (κ2) is 8.91. The number of rotatable bonds is 7. The highest BCUT2D eigenvalue weighted by atomic mass is 32.2. The van der Waals surface area contributed by atoms with Crippen LogP contribution in [0.15, 0.2) is 45.6 Å². The fraction of sp³-hybridized carbons (Fsp3) is 0.458. The first kappa shape index (κ1) is 21.7. The molecule has 0 aromatic heterocycles. The summed E-state index contributed by atoms with van der Waals surface area (Å²) in [6.07, 6.45) is 2.65. The van der Waals surface area contributed by atoms with Crippen LogP contribution in [0.4, 0.5) is 0 Å². The van der Waals surface area contributed by atoms with E-state index in [0.717, 1.165) is 34.1 Å². The van der Waals surface area contributed by atoms with Crippen molar-refractivity contribution in [2.75, 3.05) is 13.2 Å². The number of aliphatic imine (C=N–C) groups is 1. The zero-order chi connectivity index (χ0) is 22.1. The molecule has 0 radical (unpaired) electrons. The SMILES string of the molecule is CCOC(=O)C1=C(C)N=C2SC=C(CC(=O)NCC3CC3)N2[C@H]1c1cc(C)ccc1C. The molecule has 6 nitrogen and oxygen atoms in total. The number of nitrogens with one attached hydrogen (secondary N) is 1. The first-order valence-electron chi connectivity index (χ1n) is 10.8. The maximum Gasteiger partial charge on any atom is 0.338 e. The Balaban J connectivity index is 1.70. The van der Waals surface area contributed by atoms with Crippen LogP contribution in [0, 0.1) is 19.8 Å². The van der Waals surface area contributed by atoms with Crippen molar-refractivity contribution in [3.8, 4) is 0 Å². The van der Waals surface area contributed by atoms with Gasteiger partial charge in [-0.3, -0.25) is 4.79 Å². The molecular weight excluding hydrogens is 410 g/mol. The van der Waals surface area contributed by atoms with Crippen molar-refractivity contribution in [3.63, 3.8) is 0 Å². The van der Waals surface area contributed by atoms with E-state index in [1.54, 1.807) is 6.92 Å². The van der Waals surface area contributed by atoms with E-state index in [9.17, 15) is 9.59 Å². The lowest BCUT2D eigenvalue weighted by atomic mass is 9.90. The molecule has 1 amide bonds. The quantitative estimate of drug-likeness (QED) is 0.639. The van der Waals surface area contributed by atoms with Crippen LogP contribution in [-0.4, -0.2) is 35.1 Å². The molecule has 0 spiro atoms. The van der Waals surface area contributed by atoms with Crippen LogP contribution < -0.4 is 5.32 Å². The van der Waals surface area contributed by atoms with Crippen LogP contribution in [0.25, 0.3) is 0 Å². The zero-order valence-corrected chi connectivity index (χ0v) is 19.3. The minimum atomic E-state index is -0.371. The van der Waals surface area contributed by atoms with Gasteiger partial charge in [0.15, 0.2) is 5.17 Å². The van der Waals surface area contributed by atoms with Crippen LogP contribution in [0.3, 0.4) is 0 Å². The Hall–Kier alpha value is -2.54. The highest BCUT2D eigenvalue weighted by Crippen LogP contribution is 2.45. The number of thioether (sulfide) groups is 1. The standard InChI is InChI=1S/C24H29N3O3S/c1-5-30-23(29)21-16(4)26-24-27(22(21)19-10-14(2)6-7-15(19)3)18(13-31-24)11-20(28)25-12-17-8-9-17/h6-7,10,13,17,22H,5,8-9,11-12H2,1-4H3,(H,25,28)/t22-/m0/s1. The molecule has 1 atom stereocenters. The average molecular weight is 440 g/mol. The third-order valence-corrected chi connectivity index (χ3v) is 6.74. The highest BCUT2D eigenvalue weighted by molar-refractivity contribution is 8.16. The zero-order valence-electron chi connectivity index (χ0n) is 18.5. The molecule has 7 heteroatoms. The number of carbonyl (C=O) groups is 2. The smallest absolute Gasteiger partial charge is 0.338 e. The molecule has 1 saturated carbocycles. The van der Waals surface area contributed by atoms with Gasteiger partial charge in [-0.15, -0.1) is 0 Å². The van der Waals surface area contributed by atoms with Gasteiger partial charge >= 0.3 is 5.97 Å². The van der Waals surface area contributed by atoms with E-state index >= 15 is 0 Å². The average Bonchev–Trinajstić information content (AvgIpc) is 3.48. The number of amidine groups is 1. The van der Waals surface area contributed by atoms with Gasteiger partial charge in [-0.05, 0) is 63.0 Å². The number of amides is 1. The Kier molecular flexibility index (Phi) is 6.23. The van der Waals surface area contributed by atoms with Gasteiger partial charge in [0, 0.05) is 12.2 Å². The van der Waals surface area contributed by atoms with Crippen molar-refractivity contribution >= 4 is 28.8 Å². The lowest BCUT2D eigenvalue weighted by Crippen LogP contribution is -2.38. The lowest BCUT2D eigenvalue weighted by Gasteiger charge is -2.37. The molecule has 1 N–H and O–H groups in total. The molecule has 31 heavy (non-hydrogen) atoms. The molecule has 2 heterocycles. The summed E-state index contributed by atoms with van der Waals surface area (Å²) in [7, 11) is 0. The minimum absolute atomic E-state index is 0.00340. The predicted octanol–water partition coefficient (Wildman–Crippen LogP) is 4.36. The number of fused-ring (bicyclic) bond motifs is 1. The molecule has 1 aliphatic carbocycles. The van der Waals surface area contributed by atoms with Gasteiger partial charge in [0.25, 0.3) is 0 Å². The van der Waals surface area contributed by atoms with E-state index in [0.29, 0.717) is 23.8 Å². The van der Waals surface area contributed by atoms with Crippen molar-refractivity contribution < 1.29 is 14.3 Å². The maximum absolute atomic E-state index is 13.0. The number of aryl methyl sites for hydroxylation is 2. The molecule has 0 bridgehead atoms. The third-order valence-electron chi connectivity index (χ3n) is 5.85. The summed E-state index contributed by atoms with van der Waals surface area (Å²) in [6.45, 7) is 8.80. The molecular formula is C24H29N3O3S. The van der Waals surface area contributed by atoms with Gasteiger partial charge in [-0.2, -0.15) is 0 Å². The molecule has 0 saturated heterocycles. The normalized spacial score (nSPS) is 20.3. The second-order valence-electron chi connectivity index (χ2n) is 8.40. The Morgan fingerprint density at radius 1 is 1.26 bits per heavy atom. The molecule has 1 aromatic carbocycles. The Morgan fingerprint density at radius 2 is 2.03 bits per heavy atom. The second-order valence-corrected chi connectivity index (χ2v) is 9.23. The van der Waals surface area contributed by atoms with Gasteiger partial charge in [0.05, 0.1) is 30.3 Å². The molecule has 1 fully saturated rings. The summed E-state index contributed by atoms with van der Waals surface area (Å²) >= 11 is 1.50. The summed E-state index contributed by atoms with van der Waals surface area (Å²) in [6, 6.07) is 5.88. The van der Waals surface area contributed by atoms with Crippen LogP contribution in [0.5, 0.6) is 0 Å². The van der Waals surface area contributed by atoms with E-state index < -0.39 is 0 Å². The summed E-state index contributed by atoms with van der Waals surface area (Å²) in [5.74, 6) is 0.276. The van der Waals surface area contributed by atoms with Gasteiger partial charge in [-0.25, -0.2) is 9.79 Å². The van der Waals surface area contributed by atoms with E-state index in [1.807, 2.05) is 31.1 Å². The third kappa shape index (κ3) is 4.56. The number of allylic oxidation sites excluding steroid dienone is 1.